The zero-order chi connectivity index (χ0) is 20.6. The zero-order valence-electron chi connectivity index (χ0n) is 17.0. The van der Waals surface area contributed by atoms with Gasteiger partial charge in [-0.25, -0.2) is 13.4 Å². The molecule has 2 N–H and O–H groups in total. The maximum Gasteiger partial charge on any atom is 0.191 e. The second kappa shape index (κ2) is 10.1. The fraction of sp³-hybridized carbons (Fsp3) is 0.381. The molecular formula is C21H29N3O3S. The molecule has 0 radical (unpaired) electrons. The van der Waals surface area contributed by atoms with Crippen LogP contribution >= 0.6 is 0 Å². The summed E-state index contributed by atoms with van der Waals surface area (Å²) in [5.41, 5.74) is 3.68. The van der Waals surface area contributed by atoms with Crippen molar-refractivity contribution in [3.05, 3.63) is 59.2 Å². The van der Waals surface area contributed by atoms with Gasteiger partial charge in [0.2, 0.25) is 0 Å². The number of hydrogen-bond acceptors (Lipinski definition) is 4. The number of nitrogens with one attached hydrogen (secondary N) is 2. The van der Waals surface area contributed by atoms with Crippen LogP contribution in [0.4, 0.5) is 0 Å². The highest BCUT2D eigenvalue weighted by molar-refractivity contribution is 7.90. The Morgan fingerprint density at radius 2 is 1.79 bits per heavy atom. The lowest BCUT2D eigenvalue weighted by molar-refractivity contribution is 0.321. The molecule has 7 heteroatoms. The summed E-state index contributed by atoms with van der Waals surface area (Å²) in [5, 5.41) is 6.47. The Kier molecular flexibility index (Phi) is 7.87. The van der Waals surface area contributed by atoms with Gasteiger partial charge in [-0.2, -0.15) is 0 Å². The molecule has 6 nitrogen and oxygen atoms in total. The molecule has 0 aliphatic heterocycles. The normalized spacial score (nSPS) is 11.9. The molecule has 0 amide bonds. The van der Waals surface area contributed by atoms with Gasteiger partial charge in [-0.3, -0.25) is 0 Å². The number of sulfone groups is 1. The first-order chi connectivity index (χ1) is 13.3. The molecule has 2 aromatic rings. The Morgan fingerprint density at radius 3 is 2.39 bits per heavy atom. The predicted octanol–water partition coefficient (Wildman–Crippen LogP) is 2.84. The van der Waals surface area contributed by atoms with Crippen LogP contribution in [0.5, 0.6) is 5.75 Å². The quantitative estimate of drug-likeness (QED) is 0.402. The molecular weight excluding hydrogens is 374 g/mol. The smallest absolute Gasteiger partial charge is 0.191 e. The molecule has 0 atom stereocenters. The molecule has 0 aliphatic carbocycles. The molecule has 0 saturated heterocycles. The van der Waals surface area contributed by atoms with Gasteiger partial charge in [0.05, 0.1) is 18.0 Å². The van der Waals surface area contributed by atoms with Crippen LogP contribution in [0.15, 0.2) is 52.4 Å². The number of hydrogen-bond donors (Lipinski definition) is 2. The van der Waals surface area contributed by atoms with Crippen LogP contribution in [0, 0.1) is 13.8 Å². The third kappa shape index (κ3) is 6.88. The summed E-state index contributed by atoms with van der Waals surface area (Å²) in [6.45, 7) is 8.59. The lowest BCUT2D eigenvalue weighted by atomic mass is 10.1. The van der Waals surface area contributed by atoms with Crippen molar-refractivity contribution in [3.63, 3.8) is 0 Å². The first kappa shape index (κ1) is 21.8. The maximum absolute atomic E-state index is 11.5. The Bertz CT molecular complexity index is 907. The molecule has 0 spiro atoms. The standard InChI is InChI=1S/C21H29N3O3S/c1-5-22-21(24-15-18-7-6-16(2)14-17(18)3)23-12-13-27-19-8-10-20(11-9-19)28(4,25)26/h6-11,14H,5,12-13,15H2,1-4H3,(H2,22,23,24). The summed E-state index contributed by atoms with van der Waals surface area (Å²) >= 11 is 0. The Morgan fingerprint density at radius 1 is 1.07 bits per heavy atom. The Labute approximate surface area is 168 Å². The highest BCUT2D eigenvalue weighted by atomic mass is 32.2. The van der Waals surface area contributed by atoms with E-state index in [4.69, 9.17) is 4.74 Å². The van der Waals surface area contributed by atoms with E-state index in [1.54, 1.807) is 24.3 Å². The zero-order valence-corrected chi connectivity index (χ0v) is 17.8. The third-order valence-corrected chi connectivity index (χ3v) is 5.29. The minimum Gasteiger partial charge on any atom is -0.492 e. The van der Waals surface area contributed by atoms with Gasteiger partial charge in [0, 0.05) is 12.8 Å². The van der Waals surface area contributed by atoms with E-state index in [9.17, 15) is 8.42 Å². The van der Waals surface area contributed by atoms with Crippen molar-refractivity contribution in [2.75, 3.05) is 26.0 Å². The van der Waals surface area contributed by atoms with E-state index >= 15 is 0 Å². The summed E-state index contributed by atoms with van der Waals surface area (Å²) in [6.07, 6.45) is 1.19. The second-order valence-corrected chi connectivity index (χ2v) is 8.66. The van der Waals surface area contributed by atoms with Crippen molar-refractivity contribution in [1.29, 1.82) is 0 Å². The van der Waals surface area contributed by atoms with Gasteiger partial charge in [0.1, 0.15) is 12.4 Å². The number of rotatable bonds is 8. The number of benzene rings is 2. The molecule has 28 heavy (non-hydrogen) atoms. The molecule has 0 bridgehead atoms. The fourth-order valence-corrected chi connectivity index (χ4v) is 3.28. The summed E-state index contributed by atoms with van der Waals surface area (Å²) in [5.74, 6) is 1.37. The number of guanidine groups is 1. The van der Waals surface area contributed by atoms with Crippen molar-refractivity contribution >= 4 is 15.8 Å². The van der Waals surface area contributed by atoms with Gasteiger partial charge in [-0.1, -0.05) is 23.8 Å². The van der Waals surface area contributed by atoms with E-state index in [2.05, 4.69) is 47.7 Å². The molecule has 0 aromatic heterocycles. The second-order valence-electron chi connectivity index (χ2n) is 6.64. The highest BCUT2D eigenvalue weighted by Gasteiger charge is 2.06. The first-order valence-electron chi connectivity index (χ1n) is 9.31. The molecule has 0 heterocycles. The average molecular weight is 404 g/mol. The maximum atomic E-state index is 11.5. The van der Waals surface area contributed by atoms with Crippen LogP contribution in [0.2, 0.25) is 0 Å². The van der Waals surface area contributed by atoms with Gasteiger partial charge >= 0.3 is 0 Å². The molecule has 0 unspecified atom stereocenters. The largest absolute Gasteiger partial charge is 0.492 e. The van der Waals surface area contributed by atoms with Crippen molar-refractivity contribution in [2.45, 2.75) is 32.2 Å². The van der Waals surface area contributed by atoms with Gasteiger partial charge < -0.3 is 15.4 Å². The van der Waals surface area contributed by atoms with Crippen LogP contribution < -0.4 is 15.4 Å². The summed E-state index contributed by atoms with van der Waals surface area (Å²) in [6, 6.07) is 12.8. The van der Waals surface area contributed by atoms with Crippen molar-refractivity contribution in [3.8, 4) is 5.75 Å². The summed E-state index contributed by atoms with van der Waals surface area (Å²) in [4.78, 5) is 4.91. The van der Waals surface area contributed by atoms with Crippen LogP contribution in [-0.2, 0) is 16.4 Å². The lowest BCUT2D eigenvalue weighted by Gasteiger charge is -2.13. The number of aryl methyl sites for hydroxylation is 2. The first-order valence-corrected chi connectivity index (χ1v) is 11.2. The van der Waals surface area contributed by atoms with E-state index in [1.807, 2.05) is 6.92 Å². The van der Waals surface area contributed by atoms with Gasteiger partial charge in [-0.05, 0) is 56.2 Å². The van der Waals surface area contributed by atoms with E-state index < -0.39 is 9.84 Å². The summed E-state index contributed by atoms with van der Waals surface area (Å²) < 4.78 is 28.6. The molecule has 0 aliphatic rings. The predicted molar refractivity (Wildman–Crippen MR) is 114 cm³/mol. The Hall–Kier alpha value is -2.54. The van der Waals surface area contributed by atoms with E-state index in [0.717, 1.165) is 12.5 Å². The fourth-order valence-electron chi connectivity index (χ4n) is 2.65. The molecule has 2 aromatic carbocycles. The van der Waals surface area contributed by atoms with Crippen molar-refractivity contribution in [2.24, 2.45) is 4.99 Å². The van der Waals surface area contributed by atoms with Gasteiger partial charge in [0.15, 0.2) is 15.8 Å². The van der Waals surface area contributed by atoms with Crippen LogP contribution in [0.3, 0.4) is 0 Å². The summed E-state index contributed by atoms with van der Waals surface area (Å²) in [7, 11) is -3.19. The average Bonchev–Trinajstić information content (AvgIpc) is 2.64. The minimum atomic E-state index is -3.19. The van der Waals surface area contributed by atoms with Crippen LogP contribution in [0.25, 0.3) is 0 Å². The van der Waals surface area contributed by atoms with Crippen molar-refractivity contribution < 1.29 is 13.2 Å². The van der Waals surface area contributed by atoms with Gasteiger partial charge in [0.25, 0.3) is 0 Å². The molecule has 0 fully saturated rings. The van der Waals surface area contributed by atoms with E-state index in [0.29, 0.717) is 25.4 Å². The van der Waals surface area contributed by atoms with E-state index in [1.165, 1.54) is 22.9 Å². The third-order valence-electron chi connectivity index (χ3n) is 4.16. The minimum absolute atomic E-state index is 0.283. The Balaban J connectivity index is 1.85. The monoisotopic (exact) mass is 403 g/mol. The SMILES string of the molecule is CCNC(=NCc1ccc(C)cc1C)NCCOc1ccc(S(C)(=O)=O)cc1. The number of ether oxygens (including phenoxy) is 1. The van der Waals surface area contributed by atoms with Crippen LogP contribution in [0.1, 0.15) is 23.6 Å². The van der Waals surface area contributed by atoms with Crippen LogP contribution in [-0.4, -0.2) is 40.3 Å². The number of nitrogens with zero attached hydrogens (tertiary/aromatic N) is 1. The van der Waals surface area contributed by atoms with E-state index in [-0.39, 0.29) is 4.90 Å². The highest BCUT2D eigenvalue weighted by Crippen LogP contribution is 2.15. The molecule has 152 valence electrons. The molecule has 0 saturated carbocycles. The van der Waals surface area contributed by atoms with Crippen molar-refractivity contribution in [1.82, 2.24) is 10.6 Å². The lowest BCUT2D eigenvalue weighted by Crippen LogP contribution is -2.39. The number of aliphatic imine (C=N–C) groups is 1. The molecule has 2 rings (SSSR count). The van der Waals surface area contributed by atoms with Gasteiger partial charge in [-0.15, -0.1) is 0 Å². The topological polar surface area (TPSA) is 79.8 Å².